The van der Waals surface area contributed by atoms with Crippen LogP contribution in [0.3, 0.4) is 0 Å². The van der Waals surface area contributed by atoms with Crippen molar-refractivity contribution in [1.29, 1.82) is 0 Å². The second-order valence-corrected chi connectivity index (χ2v) is 6.20. The van der Waals surface area contributed by atoms with E-state index in [2.05, 4.69) is 10.6 Å². The van der Waals surface area contributed by atoms with E-state index in [1.807, 2.05) is 32.0 Å². The van der Waals surface area contributed by atoms with Crippen molar-refractivity contribution in [3.8, 4) is 0 Å². The highest BCUT2D eigenvalue weighted by Gasteiger charge is 2.28. The molecule has 0 unspecified atom stereocenters. The number of benzene rings is 1. The van der Waals surface area contributed by atoms with Gasteiger partial charge in [0, 0.05) is 18.7 Å². The van der Waals surface area contributed by atoms with Gasteiger partial charge in [-0.3, -0.25) is 19.3 Å². The molecule has 140 valence electrons. The standard InChI is InChI=1S/C18H23N3O5/c1-11-6-4-7-12(2)16(11)20-17(24)13(3)26-15(23)8-5-9-21-14(22)10-19-18(21)25/h4,6-7,13H,5,8-10H2,1-3H3,(H,19,25)(H,20,24)/t13-/m0/s1. The molecular weight excluding hydrogens is 338 g/mol. The van der Waals surface area contributed by atoms with Crippen molar-refractivity contribution >= 4 is 29.5 Å². The van der Waals surface area contributed by atoms with Gasteiger partial charge in [-0.05, 0) is 38.3 Å². The number of hydrogen-bond donors (Lipinski definition) is 2. The van der Waals surface area contributed by atoms with Gasteiger partial charge in [-0.15, -0.1) is 0 Å². The van der Waals surface area contributed by atoms with Gasteiger partial charge in [-0.25, -0.2) is 4.79 Å². The Bertz CT molecular complexity index is 695. The average molecular weight is 361 g/mol. The quantitative estimate of drug-likeness (QED) is 0.566. The topological polar surface area (TPSA) is 105 Å². The van der Waals surface area contributed by atoms with Crippen LogP contribution in [-0.2, 0) is 19.1 Å². The Hall–Kier alpha value is -2.90. The van der Waals surface area contributed by atoms with E-state index in [0.717, 1.165) is 16.0 Å². The minimum absolute atomic E-state index is 0.0120. The Morgan fingerprint density at radius 1 is 1.27 bits per heavy atom. The molecule has 4 amide bonds. The van der Waals surface area contributed by atoms with E-state index in [1.54, 1.807) is 0 Å². The first kappa shape index (κ1) is 19.4. The van der Waals surface area contributed by atoms with Crippen LogP contribution in [0, 0.1) is 13.8 Å². The fourth-order valence-corrected chi connectivity index (χ4v) is 2.61. The van der Waals surface area contributed by atoms with Crippen LogP contribution in [0.4, 0.5) is 10.5 Å². The lowest BCUT2D eigenvalue weighted by Gasteiger charge is -2.16. The van der Waals surface area contributed by atoms with Crippen LogP contribution in [-0.4, -0.2) is 47.9 Å². The summed E-state index contributed by atoms with van der Waals surface area (Å²) in [6, 6.07) is 5.21. The van der Waals surface area contributed by atoms with Gasteiger partial charge in [-0.1, -0.05) is 18.2 Å². The van der Waals surface area contributed by atoms with Gasteiger partial charge >= 0.3 is 12.0 Å². The number of carbonyl (C=O) groups excluding carboxylic acids is 4. The molecule has 1 atom stereocenters. The fraction of sp³-hybridized carbons (Fsp3) is 0.444. The van der Waals surface area contributed by atoms with Gasteiger partial charge in [0.25, 0.3) is 5.91 Å². The summed E-state index contributed by atoms with van der Waals surface area (Å²) in [5, 5.41) is 5.18. The summed E-state index contributed by atoms with van der Waals surface area (Å²) in [5.74, 6) is -1.28. The number of carbonyl (C=O) groups is 4. The second-order valence-electron chi connectivity index (χ2n) is 6.20. The maximum atomic E-state index is 12.2. The number of aryl methyl sites for hydroxylation is 2. The number of nitrogens with zero attached hydrogens (tertiary/aromatic N) is 1. The zero-order valence-corrected chi connectivity index (χ0v) is 15.1. The summed E-state index contributed by atoms with van der Waals surface area (Å²) in [7, 11) is 0. The van der Waals surface area contributed by atoms with Crippen LogP contribution in [0.2, 0.25) is 0 Å². The predicted molar refractivity (Wildman–Crippen MR) is 94.4 cm³/mol. The van der Waals surface area contributed by atoms with Crippen molar-refractivity contribution in [2.24, 2.45) is 0 Å². The van der Waals surface area contributed by atoms with Gasteiger partial charge in [-0.2, -0.15) is 0 Å². The van der Waals surface area contributed by atoms with Gasteiger partial charge in [0.1, 0.15) is 0 Å². The molecule has 1 heterocycles. The van der Waals surface area contributed by atoms with E-state index in [-0.39, 0.29) is 31.8 Å². The Morgan fingerprint density at radius 3 is 2.50 bits per heavy atom. The smallest absolute Gasteiger partial charge is 0.324 e. The van der Waals surface area contributed by atoms with Crippen molar-refractivity contribution in [1.82, 2.24) is 10.2 Å². The number of esters is 1. The van der Waals surface area contributed by atoms with Gasteiger partial charge in [0.05, 0.1) is 6.54 Å². The fourth-order valence-electron chi connectivity index (χ4n) is 2.61. The van der Waals surface area contributed by atoms with Gasteiger partial charge < -0.3 is 15.4 Å². The minimum Gasteiger partial charge on any atom is -0.453 e. The lowest BCUT2D eigenvalue weighted by molar-refractivity contribution is -0.153. The Balaban J connectivity index is 1.78. The number of rotatable bonds is 7. The zero-order valence-electron chi connectivity index (χ0n) is 15.1. The molecule has 2 rings (SSSR count). The van der Waals surface area contributed by atoms with E-state index in [0.29, 0.717) is 5.69 Å². The molecular formula is C18H23N3O5. The predicted octanol–water partition coefficient (Wildman–Crippen LogP) is 1.51. The maximum Gasteiger partial charge on any atom is 0.324 e. The second kappa shape index (κ2) is 8.46. The van der Waals surface area contributed by atoms with Crippen molar-refractivity contribution in [2.75, 3.05) is 18.4 Å². The summed E-state index contributed by atoms with van der Waals surface area (Å²) in [6.45, 7) is 5.39. The lowest BCUT2D eigenvalue weighted by Crippen LogP contribution is -2.33. The van der Waals surface area contributed by atoms with Crippen molar-refractivity contribution in [2.45, 2.75) is 39.7 Å². The maximum absolute atomic E-state index is 12.2. The number of nitrogens with one attached hydrogen (secondary N) is 2. The molecule has 0 aromatic heterocycles. The molecule has 0 bridgehead atoms. The summed E-state index contributed by atoms with van der Waals surface area (Å²) >= 11 is 0. The summed E-state index contributed by atoms with van der Waals surface area (Å²) in [4.78, 5) is 48.0. The van der Waals surface area contributed by atoms with Crippen molar-refractivity contribution in [3.05, 3.63) is 29.3 Å². The van der Waals surface area contributed by atoms with Crippen LogP contribution in [0.15, 0.2) is 18.2 Å². The highest BCUT2D eigenvalue weighted by Crippen LogP contribution is 2.19. The molecule has 26 heavy (non-hydrogen) atoms. The van der Waals surface area contributed by atoms with Gasteiger partial charge in [0.2, 0.25) is 5.91 Å². The van der Waals surface area contributed by atoms with Crippen LogP contribution >= 0.6 is 0 Å². The molecule has 1 fully saturated rings. The number of amides is 4. The number of ether oxygens (including phenoxy) is 1. The van der Waals surface area contributed by atoms with E-state index in [9.17, 15) is 19.2 Å². The van der Waals surface area contributed by atoms with Crippen LogP contribution < -0.4 is 10.6 Å². The molecule has 1 aliphatic heterocycles. The molecule has 2 N–H and O–H groups in total. The molecule has 1 aliphatic rings. The van der Waals surface area contributed by atoms with Crippen molar-refractivity contribution in [3.63, 3.8) is 0 Å². The van der Waals surface area contributed by atoms with Gasteiger partial charge in [0.15, 0.2) is 6.10 Å². The lowest BCUT2D eigenvalue weighted by atomic mass is 10.1. The van der Waals surface area contributed by atoms with Crippen LogP contribution in [0.25, 0.3) is 0 Å². The first-order valence-electron chi connectivity index (χ1n) is 8.44. The summed E-state index contributed by atoms with van der Waals surface area (Å²) in [5.41, 5.74) is 2.55. The normalized spacial score (nSPS) is 14.8. The van der Waals surface area contributed by atoms with E-state index in [4.69, 9.17) is 4.74 Å². The molecule has 8 heteroatoms. The Morgan fingerprint density at radius 2 is 1.92 bits per heavy atom. The Kier molecular flexibility index (Phi) is 6.32. The molecule has 8 nitrogen and oxygen atoms in total. The summed E-state index contributed by atoms with van der Waals surface area (Å²) in [6.07, 6.45) is -0.653. The van der Waals surface area contributed by atoms with E-state index >= 15 is 0 Å². The number of anilines is 1. The number of para-hydroxylation sites is 1. The highest BCUT2D eigenvalue weighted by atomic mass is 16.5. The highest BCUT2D eigenvalue weighted by molar-refractivity contribution is 6.02. The molecule has 0 radical (unpaired) electrons. The number of hydrogen-bond acceptors (Lipinski definition) is 5. The number of imide groups is 1. The largest absolute Gasteiger partial charge is 0.453 e. The molecule has 0 aliphatic carbocycles. The third-order valence-corrected chi connectivity index (χ3v) is 4.11. The summed E-state index contributed by atoms with van der Waals surface area (Å²) < 4.78 is 5.13. The van der Waals surface area contributed by atoms with E-state index < -0.39 is 24.0 Å². The third kappa shape index (κ3) is 4.81. The molecule has 1 saturated heterocycles. The molecule has 0 spiro atoms. The molecule has 1 aromatic rings. The average Bonchev–Trinajstić information content (AvgIpc) is 2.90. The Labute approximate surface area is 151 Å². The first-order valence-corrected chi connectivity index (χ1v) is 8.44. The number of urea groups is 1. The monoisotopic (exact) mass is 361 g/mol. The first-order chi connectivity index (χ1) is 12.3. The molecule has 0 saturated carbocycles. The SMILES string of the molecule is Cc1cccc(C)c1NC(=O)[C@H](C)OC(=O)CCCN1C(=O)CNC1=O. The van der Waals surface area contributed by atoms with Crippen molar-refractivity contribution < 1.29 is 23.9 Å². The van der Waals surface area contributed by atoms with E-state index in [1.165, 1.54) is 6.92 Å². The third-order valence-electron chi connectivity index (χ3n) is 4.11. The molecule has 1 aromatic carbocycles. The minimum atomic E-state index is -0.946. The zero-order chi connectivity index (χ0) is 19.3. The van der Waals surface area contributed by atoms with Crippen LogP contribution in [0.1, 0.15) is 30.9 Å². The van der Waals surface area contributed by atoms with Crippen LogP contribution in [0.5, 0.6) is 0 Å².